The number of imide groups is 1. The van der Waals surface area contributed by atoms with Crippen LogP contribution in [0, 0.1) is 0 Å². The molecule has 2 aliphatic rings. The first-order chi connectivity index (χ1) is 10.2. The lowest BCUT2D eigenvalue weighted by Crippen LogP contribution is -2.63. The van der Waals surface area contributed by atoms with Gasteiger partial charge in [0.1, 0.15) is 5.69 Å². The third-order valence-electron chi connectivity index (χ3n) is 4.07. The first kappa shape index (κ1) is 14.2. The lowest BCUT2D eigenvalue weighted by atomic mass is 10.1. The van der Waals surface area contributed by atoms with Crippen LogP contribution in [-0.4, -0.2) is 78.5 Å². The minimum absolute atomic E-state index is 0.242. The zero-order chi connectivity index (χ0) is 14.7. The van der Waals surface area contributed by atoms with Gasteiger partial charge in [0.2, 0.25) is 5.91 Å². The number of piperazine rings is 1. The molecule has 7 nitrogen and oxygen atoms in total. The van der Waals surface area contributed by atoms with Crippen molar-refractivity contribution in [3.8, 4) is 0 Å². The van der Waals surface area contributed by atoms with Gasteiger partial charge in [-0.3, -0.25) is 24.7 Å². The van der Waals surface area contributed by atoms with Crippen LogP contribution in [0.15, 0.2) is 18.3 Å². The van der Waals surface area contributed by atoms with Crippen molar-refractivity contribution in [2.75, 3.05) is 45.8 Å². The van der Waals surface area contributed by atoms with Gasteiger partial charge in [0.25, 0.3) is 5.91 Å². The van der Waals surface area contributed by atoms with E-state index < -0.39 is 0 Å². The molecule has 21 heavy (non-hydrogen) atoms. The van der Waals surface area contributed by atoms with Gasteiger partial charge in [-0.05, 0) is 12.1 Å². The maximum atomic E-state index is 11.8. The largest absolute Gasteiger partial charge is 0.357 e. The van der Waals surface area contributed by atoms with E-state index in [4.69, 9.17) is 0 Å². The summed E-state index contributed by atoms with van der Waals surface area (Å²) in [4.78, 5) is 30.9. The van der Waals surface area contributed by atoms with Crippen LogP contribution in [0.2, 0.25) is 0 Å². The summed E-state index contributed by atoms with van der Waals surface area (Å²) in [6.45, 7) is 6.35. The quantitative estimate of drug-likeness (QED) is 0.653. The van der Waals surface area contributed by atoms with Gasteiger partial charge >= 0.3 is 0 Å². The molecule has 2 saturated heterocycles. The van der Waals surface area contributed by atoms with Crippen molar-refractivity contribution in [2.24, 2.45) is 0 Å². The Hall–Kier alpha value is -1.70. The number of hydrogen-bond donors (Lipinski definition) is 3. The SMILES string of the molecule is O=C(CN1CC(N2CCNCC2)C1)NC(=O)c1ccc[nH]1. The summed E-state index contributed by atoms with van der Waals surface area (Å²) in [5.41, 5.74) is 0.408. The zero-order valence-corrected chi connectivity index (χ0v) is 12.0. The zero-order valence-electron chi connectivity index (χ0n) is 12.0. The lowest BCUT2D eigenvalue weighted by molar-refractivity contribution is -0.123. The number of carbonyl (C=O) groups excluding carboxylic acids is 2. The van der Waals surface area contributed by atoms with Crippen molar-refractivity contribution in [1.82, 2.24) is 25.4 Å². The number of likely N-dealkylation sites (tertiary alicyclic amines) is 1. The number of aromatic amines is 1. The van der Waals surface area contributed by atoms with Crippen molar-refractivity contribution in [1.29, 1.82) is 0 Å². The van der Waals surface area contributed by atoms with E-state index in [1.54, 1.807) is 18.3 Å². The van der Waals surface area contributed by atoms with Gasteiger partial charge in [-0.1, -0.05) is 0 Å². The van der Waals surface area contributed by atoms with Crippen molar-refractivity contribution in [3.63, 3.8) is 0 Å². The monoisotopic (exact) mass is 291 g/mol. The van der Waals surface area contributed by atoms with Gasteiger partial charge in [0, 0.05) is 51.5 Å². The molecule has 0 atom stereocenters. The number of nitrogens with one attached hydrogen (secondary N) is 3. The average molecular weight is 291 g/mol. The predicted octanol–water partition coefficient (Wildman–Crippen LogP) is -1.14. The second-order valence-electron chi connectivity index (χ2n) is 5.59. The number of rotatable bonds is 4. The second-order valence-corrected chi connectivity index (χ2v) is 5.59. The number of hydrogen-bond acceptors (Lipinski definition) is 5. The minimum Gasteiger partial charge on any atom is -0.357 e. The van der Waals surface area contributed by atoms with Crippen molar-refractivity contribution >= 4 is 11.8 Å². The molecule has 2 aliphatic heterocycles. The summed E-state index contributed by atoms with van der Waals surface area (Å²) < 4.78 is 0. The average Bonchev–Trinajstić information content (AvgIpc) is 2.97. The molecule has 7 heteroatoms. The van der Waals surface area contributed by atoms with Gasteiger partial charge in [-0.25, -0.2) is 0 Å². The van der Waals surface area contributed by atoms with E-state index in [9.17, 15) is 9.59 Å². The summed E-state index contributed by atoms with van der Waals surface area (Å²) in [5.74, 6) is -0.613. The Kier molecular flexibility index (Phi) is 4.33. The van der Waals surface area contributed by atoms with Crippen LogP contribution in [-0.2, 0) is 4.79 Å². The highest BCUT2D eigenvalue weighted by atomic mass is 16.2. The number of nitrogens with zero attached hydrogens (tertiary/aromatic N) is 2. The number of amides is 2. The smallest absolute Gasteiger partial charge is 0.274 e. The van der Waals surface area contributed by atoms with E-state index in [1.165, 1.54) is 0 Å². The molecular weight excluding hydrogens is 270 g/mol. The summed E-state index contributed by atoms with van der Waals surface area (Å²) in [7, 11) is 0. The van der Waals surface area contributed by atoms with E-state index in [0.717, 1.165) is 39.3 Å². The van der Waals surface area contributed by atoms with Gasteiger partial charge < -0.3 is 10.3 Å². The van der Waals surface area contributed by atoms with Crippen molar-refractivity contribution in [2.45, 2.75) is 6.04 Å². The molecule has 114 valence electrons. The lowest BCUT2D eigenvalue weighted by Gasteiger charge is -2.46. The fourth-order valence-corrected chi connectivity index (χ4v) is 2.86. The first-order valence-electron chi connectivity index (χ1n) is 7.37. The van der Waals surface area contributed by atoms with E-state index in [2.05, 4.69) is 25.4 Å². The van der Waals surface area contributed by atoms with Crippen LogP contribution >= 0.6 is 0 Å². The Morgan fingerprint density at radius 2 is 2.05 bits per heavy atom. The van der Waals surface area contributed by atoms with Crippen LogP contribution in [0.5, 0.6) is 0 Å². The molecule has 3 N–H and O–H groups in total. The van der Waals surface area contributed by atoms with Crippen LogP contribution in [0.3, 0.4) is 0 Å². The molecule has 3 rings (SSSR count). The molecule has 1 aromatic rings. The summed E-state index contributed by atoms with van der Waals surface area (Å²) >= 11 is 0. The minimum atomic E-state index is -0.371. The van der Waals surface area contributed by atoms with E-state index in [-0.39, 0.29) is 18.4 Å². The van der Waals surface area contributed by atoms with E-state index in [1.807, 2.05) is 0 Å². The Morgan fingerprint density at radius 1 is 1.29 bits per heavy atom. The molecule has 0 bridgehead atoms. The molecule has 0 aromatic carbocycles. The Balaban J connectivity index is 1.38. The topological polar surface area (TPSA) is 80.5 Å². The maximum absolute atomic E-state index is 11.8. The molecule has 2 fully saturated rings. The normalized spacial score (nSPS) is 21.0. The predicted molar refractivity (Wildman–Crippen MR) is 77.9 cm³/mol. The van der Waals surface area contributed by atoms with Gasteiger partial charge in [-0.2, -0.15) is 0 Å². The number of aromatic nitrogens is 1. The summed E-state index contributed by atoms with van der Waals surface area (Å²) in [6, 6.07) is 3.93. The summed E-state index contributed by atoms with van der Waals surface area (Å²) in [5, 5.41) is 5.74. The molecule has 2 amide bonds. The van der Waals surface area contributed by atoms with E-state index >= 15 is 0 Å². The molecule has 0 aliphatic carbocycles. The van der Waals surface area contributed by atoms with E-state index in [0.29, 0.717) is 11.7 Å². The second kappa shape index (κ2) is 6.38. The number of carbonyl (C=O) groups is 2. The molecule has 0 radical (unpaired) electrons. The first-order valence-corrected chi connectivity index (χ1v) is 7.37. The van der Waals surface area contributed by atoms with Gasteiger partial charge in [-0.15, -0.1) is 0 Å². The molecule has 0 saturated carbocycles. The van der Waals surface area contributed by atoms with Gasteiger partial charge in [0.15, 0.2) is 0 Å². The maximum Gasteiger partial charge on any atom is 0.274 e. The van der Waals surface area contributed by atoms with Crippen LogP contribution in [0.1, 0.15) is 10.5 Å². The van der Waals surface area contributed by atoms with Crippen molar-refractivity contribution < 1.29 is 9.59 Å². The van der Waals surface area contributed by atoms with Crippen LogP contribution in [0.25, 0.3) is 0 Å². The van der Waals surface area contributed by atoms with Crippen LogP contribution < -0.4 is 10.6 Å². The summed E-state index contributed by atoms with van der Waals surface area (Å²) in [6.07, 6.45) is 1.66. The standard InChI is InChI=1S/C14H21N5O2/c20-13(17-14(21)12-2-1-3-16-12)10-18-8-11(9-18)19-6-4-15-5-7-19/h1-3,11,15-16H,4-10H2,(H,17,20,21). The Labute approximate surface area is 123 Å². The molecule has 0 unspecified atom stereocenters. The van der Waals surface area contributed by atoms with Crippen LogP contribution in [0.4, 0.5) is 0 Å². The molecule has 0 spiro atoms. The molecule has 3 heterocycles. The molecular formula is C14H21N5O2. The third kappa shape index (κ3) is 3.49. The fourth-order valence-electron chi connectivity index (χ4n) is 2.86. The molecule has 1 aromatic heterocycles. The highest BCUT2D eigenvalue weighted by molar-refractivity contribution is 6.04. The fraction of sp³-hybridized carbons (Fsp3) is 0.571. The third-order valence-corrected chi connectivity index (χ3v) is 4.07. The number of H-pyrrole nitrogens is 1. The van der Waals surface area contributed by atoms with Gasteiger partial charge in [0.05, 0.1) is 6.54 Å². The highest BCUT2D eigenvalue weighted by Crippen LogP contribution is 2.14. The Bertz CT molecular complexity index is 489. The van der Waals surface area contributed by atoms with Crippen molar-refractivity contribution in [3.05, 3.63) is 24.0 Å². The highest BCUT2D eigenvalue weighted by Gasteiger charge is 2.33. The Morgan fingerprint density at radius 3 is 2.71 bits per heavy atom.